The number of nitriles is 1. The molecule has 32 heteroatoms. The molecule has 1 saturated heterocycles. The molecule has 126 heavy (non-hydrogen) atoms. The predicted octanol–water partition coefficient (Wildman–Crippen LogP) is 23.3. The van der Waals surface area contributed by atoms with Gasteiger partial charge < -0.3 is 81.9 Å². The first-order valence-electron chi connectivity index (χ1n) is 40.0. The minimum atomic E-state index is -4.06. The van der Waals surface area contributed by atoms with Crippen LogP contribution in [-0.4, -0.2) is 66.2 Å². The van der Waals surface area contributed by atoms with Gasteiger partial charge in [-0.15, -0.1) is 5.06 Å². The molecule has 1 aliphatic rings. The number of rotatable bonds is 32. The van der Waals surface area contributed by atoms with Crippen molar-refractivity contribution in [1.29, 1.82) is 6.39 Å². The molecule has 0 radical (unpaired) electrons. The summed E-state index contributed by atoms with van der Waals surface area (Å²) < 4.78 is 109. The van der Waals surface area contributed by atoms with Crippen molar-refractivity contribution in [3.05, 3.63) is 345 Å². The number of nitrogens with two attached hydrogens (primary N) is 2. The number of nitrogens with zero attached hydrogens (tertiary/aromatic N) is 2. The molecule has 0 aromatic heterocycles. The Kier molecular flexibility index (Phi) is 46.6. The van der Waals surface area contributed by atoms with Crippen molar-refractivity contribution < 1.29 is 97.5 Å². The van der Waals surface area contributed by atoms with Gasteiger partial charge in [0.1, 0.15) is 78.2 Å². The first-order valence-corrected chi connectivity index (χ1v) is 46.3. The summed E-state index contributed by atoms with van der Waals surface area (Å²) in [4.78, 5) is 72.9. The van der Waals surface area contributed by atoms with Gasteiger partial charge in [0.05, 0.1) is 6.07 Å². The van der Waals surface area contributed by atoms with Crippen molar-refractivity contribution in [2.75, 3.05) is 6.26 Å². The van der Waals surface area contributed by atoms with E-state index < -0.39 is 84.8 Å². The zero-order valence-corrected chi connectivity index (χ0v) is 75.9. The van der Waals surface area contributed by atoms with Crippen molar-refractivity contribution in [2.45, 2.75) is 106 Å². The Morgan fingerprint density at radius 2 is 0.651 bits per heavy atom. The number of amides is 5. The summed E-state index contributed by atoms with van der Waals surface area (Å²) in [7, 11) is -13.1. The first-order chi connectivity index (χ1) is 61.0. The third-order valence-electron chi connectivity index (χ3n) is 16.0. The molecule has 3 atom stereocenters. The van der Waals surface area contributed by atoms with Crippen molar-refractivity contribution in [1.82, 2.24) is 15.7 Å². The number of benzene rings is 11. The Balaban J connectivity index is 0.000000280. The van der Waals surface area contributed by atoms with Crippen LogP contribution in [0.1, 0.15) is 86.3 Å². The zero-order chi connectivity index (χ0) is 92.7. The summed E-state index contributed by atoms with van der Waals surface area (Å²) in [5.74, 6) is -0.129. The summed E-state index contributed by atoms with van der Waals surface area (Å²) >= 11 is 1.000. The monoisotopic (exact) mass is 1810 g/mol. The molecule has 3 unspecified atom stereocenters. The van der Waals surface area contributed by atoms with E-state index in [1.165, 1.54) is 6.92 Å². The number of imide groups is 1. The van der Waals surface area contributed by atoms with Gasteiger partial charge in [0.25, 0.3) is 11.8 Å². The van der Waals surface area contributed by atoms with Gasteiger partial charge in [0, 0.05) is 25.7 Å². The van der Waals surface area contributed by atoms with Crippen molar-refractivity contribution in [2.24, 2.45) is 35.1 Å². The average molecular weight is 1810 g/mol. The average Bonchev–Trinajstić information content (AvgIpc) is 1.33. The number of nitrogens with one attached hydrogen (secondary N) is 2. The standard InChI is InChI=1S/C24H26NO5P.C21H23N2O7P.C18H15O3P.C16H20NO3P.C8H9NO2.C4H8O.C2H3N.CH4S/c1-19(2)23(25-24(26)28-18-20-12-6-3-7-13-20)31(27,29-21-14-8-4-9-15-21)30-22-16-10-5-11-17-22;1-15(2)20(22-21(26)28-23-18(24)13-14-19(23)25)31(27,29-16-9-5-3-6-10-16)30-17-11-7-4-8-12-17;1-4-10-16(11-5-1)19-22(20-17-12-6-2-7-13-17)21-18-14-8-3-9-15-18;1-13(2)16(17)21(18,19-14-9-5-3-6-10-14)20-15-11-7-4-8-12-15;9-8(10)11-6-7-4-2-1-3-5-7;1-4(2)3-5;1-2-3;1-2/h3-17,19,23H,18H2,1-2H3,(H,25,26);3-12,15,20H,13-14H2,1-2H3,(H,22,26);1-15H;3-13,16H,17H2,1-2H3;1-5H,6H2,(H2,9,10);3-4H,1-2H3;1H3;2H,1H3/i/hD. The van der Waals surface area contributed by atoms with Gasteiger partial charge in [0.2, 0.25) is 0 Å². The molecule has 1 heterocycles. The number of thiol groups is 1. The zero-order valence-electron chi connectivity index (χ0n) is 72.5. The van der Waals surface area contributed by atoms with Gasteiger partial charge in [-0.05, 0) is 144 Å². The van der Waals surface area contributed by atoms with Gasteiger partial charge in [-0.3, -0.25) is 9.59 Å². The first kappa shape index (κ1) is 102. The third-order valence-corrected chi connectivity index (χ3v) is 24.0. The van der Waals surface area contributed by atoms with Crippen LogP contribution >= 0.6 is 43.9 Å². The van der Waals surface area contributed by atoms with E-state index in [2.05, 4.69) is 15.4 Å². The number of primary amides is 1. The fourth-order valence-corrected chi connectivity index (χ4v) is 17.0. The Hall–Kier alpha value is -12.8. The molecule has 0 saturated carbocycles. The van der Waals surface area contributed by atoms with Gasteiger partial charge in [0.15, 0.2) is 11.6 Å². The predicted molar refractivity (Wildman–Crippen MR) is 492 cm³/mol. The van der Waals surface area contributed by atoms with E-state index in [4.69, 9.17) is 68.1 Å². The lowest BCUT2D eigenvalue weighted by molar-refractivity contribution is -0.171. The van der Waals surface area contributed by atoms with E-state index in [-0.39, 0.29) is 55.3 Å². The highest BCUT2D eigenvalue weighted by atomic mass is 32.1. The van der Waals surface area contributed by atoms with E-state index in [1.807, 2.05) is 242 Å². The molecule has 6 N–H and O–H groups in total. The summed E-state index contributed by atoms with van der Waals surface area (Å²) in [6, 6.07) is 101. The van der Waals surface area contributed by atoms with E-state index in [0.29, 0.717) is 45.3 Å². The Bertz CT molecular complexity index is 4880. The number of alkyl carbamates (subject to hydrolysis) is 1. The molecule has 1 aliphatic heterocycles. The second-order valence-electron chi connectivity index (χ2n) is 27.6. The number of hydrogen-bond acceptors (Lipinski definition) is 24. The van der Waals surface area contributed by atoms with Crippen LogP contribution in [0.15, 0.2) is 334 Å². The van der Waals surface area contributed by atoms with E-state index in [9.17, 15) is 42.5 Å². The van der Waals surface area contributed by atoms with Crippen LogP contribution in [0, 0.1) is 35.0 Å². The molecule has 11 aromatic carbocycles. The quantitative estimate of drug-likeness (QED) is 0.0113. The lowest BCUT2D eigenvalue weighted by Gasteiger charge is -2.30. The van der Waals surface area contributed by atoms with Gasteiger partial charge in [-0.25, -0.2) is 28.1 Å². The molecule has 5 amide bonds. The van der Waals surface area contributed by atoms with Crippen LogP contribution in [0.5, 0.6) is 51.7 Å². The van der Waals surface area contributed by atoms with Crippen molar-refractivity contribution >= 4 is 80.3 Å². The Morgan fingerprint density at radius 1 is 0.429 bits per heavy atom. The maximum absolute atomic E-state index is 14.0. The molecular weight excluding hydrogens is 1710 g/mol. The fraction of sp³-hybridized carbons (Fsp3) is 0.223. The van der Waals surface area contributed by atoms with Crippen molar-refractivity contribution in [3.63, 3.8) is 0 Å². The molecule has 0 spiro atoms. The van der Waals surface area contributed by atoms with Gasteiger partial charge in [-0.1, -0.05) is 280 Å². The van der Waals surface area contributed by atoms with E-state index >= 15 is 0 Å². The molecule has 0 bridgehead atoms. The van der Waals surface area contributed by atoms with Crippen LogP contribution in [0.3, 0.4) is 0 Å². The second-order valence-corrected chi connectivity index (χ2v) is 34.6. The number of para-hydroxylation sites is 9. The number of aldehydes is 1. The smallest absolute Gasteiger partial charge is 0.445 e. The van der Waals surface area contributed by atoms with Crippen LogP contribution < -0.4 is 62.8 Å². The topological polar surface area (TPSA) is 368 Å². The number of carbonyl (C=O) groups is 6. The van der Waals surface area contributed by atoms with Crippen LogP contribution in [0.25, 0.3) is 0 Å². The normalized spacial score (nSPS) is 12.0. The Morgan fingerprint density at radius 3 is 0.881 bits per heavy atom. The SMILES string of the molecule is CC#N.CC(C)C(N)P(=O)(Oc1ccccc1)Oc1ccccc1.CC(C)C(NC(=O)OCc1ccccc1)P(=O)(Oc1ccccc1)Oc1ccccc1.CC(C)C(NC(=O)ON1C(=O)CCC1=O)P(=O)(Oc1ccccc1)Oc1ccccc1.CC(C)C=O.NC(=O)OCc1ccccc1.[2H]SC.c1ccc(OP(Oc2ccccc2)Oc2ccccc2)cc1. The number of ether oxygens (including phenoxy) is 2. The minimum absolute atomic E-state index is 0.0353. The lowest BCUT2D eigenvalue weighted by Crippen LogP contribution is -2.44. The van der Waals surface area contributed by atoms with Crippen molar-refractivity contribution in [3.8, 4) is 57.8 Å². The van der Waals surface area contributed by atoms with E-state index in [0.717, 1.165) is 29.9 Å². The lowest BCUT2D eigenvalue weighted by atomic mass is 10.2. The van der Waals surface area contributed by atoms with Crippen LogP contribution in [-0.2, 0) is 55.6 Å². The van der Waals surface area contributed by atoms with Gasteiger partial charge >= 0.3 is 49.7 Å². The highest BCUT2D eigenvalue weighted by Crippen LogP contribution is 2.57. The van der Waals surface area contributed by atoms with Gasteiger partial charge in [-0.2, -0.15) is 17.8 Å². The molecule has 666 valence electrons. The van der Waals surface area contributed by atoms with E-state index in [1.54, 1.807) is 160 Å². The van der Waals surface area contributed by atoms with Crippen LogP contribution in [0.4, 0.5) is 14.4 Å². The maximum atomic E-state index is 14.0. The highest BCUT2D eigenvalue weighted by Gasteiger charge is 2.46. The summed E-state index contributed by atoms with van der Waals surface area (Å²) in [6.45, 7) is 16.4. The maximum Gasteiger partial charge on any atom is 0.530 e. The highest BCUT2D eigenvalue weighted by molar-refractivity contribution is 7.79. The number of hydroxylamine groups is 2. The summed E-state index contributed by atoms with van der Waals surface area (Å²) in [5.41, 5.74) is 12.6. The molecule has 27 nitrogen and oxygen atoms in total. The Labute approximate surface area is 745 Å². The third kappa shape index (κ3) is 39.8. The molecule has 12 rings (SSSR count). The fourth-order valence-electron chi connectivity index (χ4n) is 10.0. The largest absolute Gasteiger partial charge is 0.530 e. The molecule has 1 fully saturated rings. The molecule has 11 aromatic rings. The second kappa shape index (κ2) is 57.6. The molecule has 0 aliphatic carbocycles. The number of hydrogen-bond donors (Lipinski definition) is 5. The number of carbonyl (C=O) groups excluding carboxylic acids is 6. The minimum Gasteiger partial charge on any atom is -0.445 e. The van der Waals surface area contributed by atoms with Crippen LogP contribution in [0.2, 0.25) is 0 Å². The summed E-state index contributed by atoms with van der Waals surface area (Å²) in [6.07, 6.45) is -0.000344. The molecular formula is C94H108N6O21P4S. The summed E-state index contributed by atoms with van der Waals surface area (Å²) in [5, 5.41) is 12.9.